The maximum absolute atomic E-state index is 11.7. The number of aromatic nitrogens is 1. The largest absolute Gasteiger partial charge is 0.481 e. The highest BCUT2D eigenvalue weighted by atomic mass is 16.5. The number of H-pyrrole nitrogens is 1. The van der Waals surface area contributed by atoms with Gasteiger partial charge in [0.2, 0.25) is 0 Å². The third-order valence-electron chi connectivity index (χ3n) is 3.86. The van der Waals surface area contributed by atoms with Crippen LogP contribution in [-0.4, -0.2) is 29.3 Å². The summed E-state index contributed by atoms with van der Waals surface area (Å²) in [5.74, 6) is -0.754. The van der Waals surface area contributed by atoms with E-state index >= 15 is 0 Å². The minimum Gasteiger partial charge on any atom is -0.481 e. The zero-order valence-corrected chi connectivity index (χ0v) is 9.98. The summed E-state index contributed by atoms with van der Waals surface area (Å²) in [6.45, 7) is 1.01. The summed E-state index contributed by atoms with van der Waals surface area (Å²) in [4.78, 5) is 14.9. The minimum atomic E-state index is -0.808. The highest BCUT2D eigenvalue weighted by Crippen LogP contribution is 2.38. The number of hydrogen-bond donors (Lipinski definition) is 2. The van der Waals surface area contributed by atoms with Gasteiger partial charge in [0.05, 0.1) is 5.41 Å². The van der Waals surface area contributed by atoms with Gasteiger partial charge in [-0.3, -0.25) is 4.79 Å². The van der Waals surface area contributed by atoms with Crippen LogP contribution in [0.4, 0.5) is 0 Å². The molecule has 4 nitrogen and oxygen atoms in total. The number of carboxylic acids is 1. The van der Waals surface area contributed by atoms with Crippen molar-refractivity contribution in [1.29, 1.82) is 0 Å². The van der Waals surface area contributed by atoms with Gasteiger partial charge < -0.3 is 14.8 Å². The number of para-hydroxylation sites is 1. The summed E-state index contributed by atoms with van der Waals surface area (Å²) in [5, 5.41) is 10.7. The van der Waals surface area contributed by atoms with Gasteiger partial charge in [-0.1, -0.05) is 18.2 Å². The zero-order chi connectivity index (χ0) is 12.6. The fourth-order valence-electron chi connectivity index (χ4n) is 2.79. The lowest BCUT2D eigenvalue weighted by molar-refractivity contribution is -0.147. The molecular formula is C14H15NO3. The van der Waals surface area contributed by atoms with Crippen molar-refractivity contribution in [2.75, 3.05) is 13.2 Å². The molecule has 1 aliphatic heterocycles. The number of aliphatic carboxylic acids is 1. The predicted molar refractivity (Wildman–Crippen MR) is 67.7 cm³/mol. The van der Waals surface area contributed by atoms with Crippen LogP contribution >= 0.6 is 0 Å². The Morgan fingerprint density at radius 2 is 2.00 bits per heavy atom. The molecule has 2 aromatic rings. The Bertz CT molecular complexity index is 581. The fourth-order valence-corrected chi connectivity index (χ4v) is 2.79. The lowest BCUT2D eigenvalue weighted by atomic mass is 9.74. The molecule has 2 heterocycles. The van der Waals surface area contributed by atoms with Gasteiger partial charge in [0, 0.05) is 30.3 Å². The molecule has 0 bridgehead atoms. The molecule has 0 amide bonds. The Kier molecular flexibility index (Phi) is 2.59. The maximum atomic E-state index is 11.7. The van der Waals surface area contributed by atoms with Crippen LogP contribution in [0.15, 0.2) is 30.5 Å². The van der Waals surface area contributed by atoms with E-state index in [1.807, 2.05) is 30.5 Å². The third-order valence-corrected chi connectivity index (χ3v) is 3.86. The van der Waals surface area contributed by atoms with Crippen molar-refractivity contribution >= 4 is 16.9 Å². The van der Waals surface area contributed by atoms with E-state index in [0.29, 0.717) is 26.1 Å². The van der Waals surface area contributed by atoms with Gasteiger partial charge in [-0.2, -0.15) is 0 Å². The Morgan fingerprint density at radius 3 is 2.72 bits per heavy atom. The molecule has 1 aromatic carbocycles. The molecule has 0 spiro atoms. The monoisotopic (exact) mass is 245 g/mol. The lowest BCUT2D eigenvalue weighted by Crippen LogP contribution is -2.41. The molecule has 0 aliphatic carbocycles. The molecule has 2 N–H and O–H groups in total. The molecule has 1 saturated heterocycles. The summed E-state index contributed by atoms with van der Waals surface area (Å²) in [7, 11) is 0. The van der Waals surface area contributed by atoms with Crippen molar-refractivity contribution < 1.29 is 14.6 Å². The van der Waals surface area contributed by atoms with Crippen LogP contribution in [0, 0.1) is 0 Å². The van der Waals surface area contributed by atoms with Crippen LogP contribution < -0.4 is 0 Å². The first-order chi connectivity index (χ1) is 8.74. The van der Waals surface area contributed by atoms with Crippen molar-refractivity contribution in [3.05, 3.63) is 36.0 Å². The molecule has 94 valence electrons. The van der Waals surface area contributed by atoms with Gasteiger partial charge in [0.25, 0.3) is 0 Å². The molecule has 0 atom stereocenters. The SMILES string of the molecule is O=C(O)C1(c2c[nH]c3ccccc23)CCOCC1. The molecule has 1 aliphatic rings. The molecule has 0 unspecified atom stereocenters. The van der Waals surface area contributed by atoms with Crippen molar-refractivity contribution in [1.82, 2.24) is 4.98 Å². The highest BCUT2D eigenvalue weighted by molar-refractivity contribution is 5.92. The average Bonchev–Trinajstić information content (AvgIpc) is 2.83. The first-order valence-corrected chi connectivity index (χ1v) is 6.12. The van der Waals surface area contributed by atoms with Crippen LogP contribution in [0.1, 0.15) is 18.4 Å². The standard InChI is InChI=1S/C14H15NO3/c16-13(17)14(5-7-18-8-6-14)11-9-15-12-4-2-1-3-10(11)12/h1-4,9,15H,5-8H2,(H,16,17). The van der Waals surface area contributed by atoms with E-state index in [-0.39, 0.29) is 0 Å². The van der Waals surface area contributed by atoms with E-state index in [1.54, 1.807) is 0 Å². The van der Waals surface area contributed by atoms with Gasteiger partial charge in [0.1, 0.15) is 0 Å². The van der Waals surface area contributed by atoms with E-state index in [9.17, 15) is 9.90 Å². The molecular weight excluding hydrogens is 230 g/mol. The number of hydrogen-bond acceptors (Lipinski definition) is 2. The molecule has 1 fully saturated rings. The first-order valence-electron chi connectivity index (χ1n) is 6.12. The van der Waals surface area contributed by atoms with Crippen molar-refractivity contribution in [2.45, 2.75) is 18.3 Å². The predicted octanol–water partition coefficient (Wildman–Crippen LogP) is 2.30. The number of aromatic amines is 1. The van der Waals surface area contributed by atoms with Crippen molar-refractivity contribution in [3.63, 3.8) is 0 Å². The Labute approximate surface area is 105 Å². The quantitative estimate of drug-likeness (QED) is 0.853. The van der Waals surface area contributed by atoms with Crippen molar-refractivity contribution in [2.24, 2.45) is 0 Å². The Hall–Kier alpha value is -1.81. The van der Waals surface area contributed by atoms with E-state index < -0.39 is 11.4 Å². The van der Waals surface area contributed by atoms with Crippen molar-refractivity contribution in [3.8, 4) is 0 Å². The Morgan fingerprint density at radius 1 is 1.28 bits per heavy atom. The summed E-state index contributed by atoms with van der Waals surface area (Å²) >= 11 is 0. The second-order valence-corrected chi connectivity index (χ2v) is 4.75. The number of rotatable bonds is 2. The number of benzene rings is 1. The molecule has 1 aromatic heterocycles. The van der Waals surface area contributed by atoms with Gasteiger partial charge in [-0.05, 0) is 24.5 Å². The van der Waals surface area contributed by atoms with Gasteiger partial charge in [-0.15, -0.1) is 0 Å². The number of carbonyl (C=O) groups is 1. The second kappa shape index (κ2) is 4.14. The second-order valence-electron chi connectivity index (χ2n) is 4.75. The van der Waals surface area contributed by atoms with E-state index in [4.69, 9.17) is 4.74 Å². The molecule has 4 heteroatoms. The number of ether oxygens (including phenoxy) is 1. The minimum absolute atomic E-state index is 0.506. The van der Waals surface area contributed by atoms with E-state index in [0.717, 1.165) is 16.5 Å². The summed E-state index contributed by atoms with van der Waals surface area (Å²) in [6, 6.07) is 7.82. The molecule has 0 radical (unpaired) electrons. The van der Waals surface area contributed by atoms with Gasteiger partial charge in [0.15, 0.2) is 0 Å². The maximum Gasteiger partial charge on any atom is 0.314 e. The van der Waals surface area contributed by atoms with Crippen LogP contribution in [0.5, 0.6) is 0 Å². The molecule has 3 rings (SSSR count). The number of nitrogens with one attached hydrogen (secondary N) is 1. The van der Waals surface area contributed by atoms with Crippen LogP contribution in [0.2, 0.25) is 0 Å². The first kappa shape index (κ1) is 11.3. The average molecular weight is 245 g/mol. The molecule has 18 heavy (non-hydrogen) atoms. The third kappa shape index (κ3) is 1.53. The lowest BCUT2D eigenvalue weighted by Gasteiger charge is -2.33. The van der Waals surface area contributed by atoms with Gasteiger partial charge in [-0.25, -0.2) is 0 Å². The highest BCUT2D eigenvalue weighted by Gasteiger charge is 2.43. The smallest absolute Gasteiger partial charge is 0.314 e. The normalized spacial score (nSPS) is 18.9. The number of fused-ring (bicyclic) bond motifs is 1. The van der Waals surface area contributed by atoms with Gasteiger partial charge >= 0.3 is 5.97 Å². The van der Waals surface area contributed by atoms with Crippen LogP contribution in [0.3, 0.4) is 0 Å². The van der Waals surface area contributed by atoms with E-state index in [2.05, 4.69) is 4.98 Å². The van der Waals surface area contributed by atoms with Crippen LogP contribution in [0.25, 0.3) is 10.9 Å². The molecule has 0 saturated carbocycles. The summed E-state index contributed by atoms with van der Waals surface area (Å²) < 4.78 is 5.31. The zero-order valence-electron chi connectivity index (χ0n) is 9.98. The van der Waals surface area contributed by atoms with Crippen LogP contribution in [-0.2, 0) is 14.9 Å². The Balaban J connectivity index is 2.18. The summed E-state index contributed by atoms with van der Waals surface area (Å²) in [6.07, 6.45) is 2.90. The summed E-state index contributed by atoms with van der Waals surface area (Å²) in [5.41, 5.74) is 1.06. The number of carboxylic acid groups (broad SMARTS) is 1. The fraction of sp³-hybridized carbons (Fsp3) is 0.357. The van der Waals surface area contributed by atoms with E-state index in [1.165, 1.54) is 0 Å². The topological polar surface area (TPSA) is 62.3 Å².